The van der Waals surface area contributed by atoms with Gasteiger partial charge in [-0.3, -0.25) is 9.89 Å². The molecule has 2 aliphatic rings. The van der Waals surface area contributed by atoms with E-state index in [9.17, 15) is 4.39 Å². The highest BCUT2D eigenvalue weighted by molar-refractivity contribution is 14.0. The predicted molar refractivity (Wildman–Crippen MR) is 125 cm³/mol. The van der Waals surface area contributed by atoms with Crippen LogP contribution in [-0.4, -0.2) is 43.6 Å². The number of nitrogens with one attached hydrogen (secondary N) is 2. The van der Waals surface area contributed by atoms with Crippen LogP contribution in [-0.2, 0) is 0 Å². The monoisotopic (exact) mass is 514 g/mol. The van der Waals surface area contributed by atoms with Crippen LogP contribution in [0.5, 0.6) is 0 Å². The molecule has 28 heavy (non-hydrogen) atoms. The zero-order chi connectivity index (χ0) is 18.6. The highest BCUT2D eigenvalue weighted by Crippen LogP contribution is 2.41. The quantitative estimate of drug-likeness (QED) is 0.342. The first-order valence-corrected chi connectivity index (χ1v) is 10.6. The zero-order valence-electron chi connectivity index (χ0n) is 16.1. The fraction of sp³-hybridized carbons (Fsp3) is 0.476. The van der Waals surface area contributed by atoms with Gasteiger partial charge < -0.3 is 10.6 Å². The first-order valence-electron chi connectivity index (χ1n) is 9.75. The average molecular weight is 514 g/mol. The van der Waals surface area contributed by atoms with Crippen molar-refractivity contribution in [1.29, 1.82) is 0 Å². The smallest absolute Gasteiger partial charge is 0.191 e. The number of likely N-dealkylation sites (tertiary alicyclic amines) is 1. The van der Waals surface area contributed by atoms with E-state index < -0.39 is 0 Å². The van der Waals surface area contributed by atoms with Crippen LogP contribution >= 0.6 is 35.3 Å². The van der Waals surface area contributed by atoms with Gasteiger partial charge in [-0.05, 0) is 55.4 Å². The van der Waals surface area contributed by atoms with Gasteiger partial charge in [0.05, 0.1) is 6.04 Å². The van der Waals surface area contributed by atoms with Crippen LogP contribution < -0.4 is 10.6 Å². The SMILES string of the molecule is CN=C(NCC(c1cccs1)N1CCCC1)NC1CC1c1ccccc1F.I. The van der Waals surface area contributed by atoms with Crippen LogP contribution in [0.1, 0.15) is 41.7 Å². The van der Waals surface area contributed by atoms with Gasteiger partial charge in [-0.25, -0.2) is 4.39 Å². The van der Waals surface area contributed by atoms with Gasteiger partial charge in [-0.2, -0.15) is 0 Å². The molecule has 2 aromatic rings. The third kappa shape index (κ3) is 5.04. The second-order valence-electron chi connectivity index (χ2n) is 7.34. The lowest BCUT2D eigenvalue weighted by Crippen LogP contribution is -2.43. The largest absolute Gasteiger partial charge is 0.354 e. The molecule has 1 aliphatic heterocycles. The number of halogens is 2. The van der Waals surface area contributed by atoms with Gasteiger partial charge in [0.2, 0.25) is 0 Å². The van der Waals surface area contributed by atoms with Gasteiger partial charge >= 0.3 is 0 Å². The second-order valence-corrected chi connectivity index (χ2v) is 8.32. The summed E-state index contributed by atoms with van der Waals surface area (Å²) in [6.45, 7) is 3.15. The van der Waals surface area contributed by atoms with Gasteiger partial charge in [0, 0.05) is 30.4 Å². The lowest BCUT2D eigenvalue weighted by Gasteiger charge is -2.27. The maximum Gasteiger partial charge on any atom is 0.191 e. The Labute approximate surface area is 187 Å². The van der Waals surface area contributed by atoms with Gasteiger partial charge in [-0.15, -0.1) is 35.3 Å². The van der Waals surface area contributed by atoms with E-state index in [0.29, 0.717) is 6.04 Å². The highest BCUT2D eigenvalue weighted by Gasteiger charge is 2.40. The third-order valence-electron chi connectivity index (χ3n) is 5.56. The Hall–Kier alpha value is -1.19. The van der Waals surface area contributed by atoms with Crippen LogP contribution in [0.3, 0.4) is 0 Å². The molecular formula is C21H28FIN4S. The Morgan fingerprint density at radius 2 is 2.04 bits per heavy atom. The van der Waals surface area contributed by atoms with Crippen molar-refractivity contribution in [1.82, 2.24) is 15.5 Å². The highest BCUT2D eigenvalue weighted by atomic mass is 127. The van der Waals surface area contributed by atoms with E-state index in [-0.39, 0.29) is 41.8 Å². The fourth-order valence-electron chi connectivity index (χ4n) is 3.98. The van der Waals surface area contributed by atoms with Crippen molar-refractivity contribution in [2.75, 3.05) is 26.7 Å². The van der Waals surface area contributed by atoms with Crippen LogP contribution in [0.2, 0.25) is 0 Å². The number of hydrogen-bond acceptors (Lipinski definition) is 3. The summed E-state index contributed by atoms with van der Waals surface area (Å²) in [5.74, 6) is 0.928. The summed E-state index contributed by atoms with van der Waals surface area (Å²) in [4.78, 5) is 8.34. The third-order valence-corrected chi connectivity index (χ3v) is 6.53. The van der Waals surface area contributed by atoms with Crippen molar-refractivity contribution in [3.63, 3.8) is 0 Å². The van der Waals surface area contributed by atoms with E-state index in [1.807, 2.05) is 23.5 Å². The topological polar surface area (TPSA) is 39.7 Å². The van der Waals surface area contributed by atoms with Gasteiger partial charge in [-0.1, -0.05) is 24.3 Å². The van der Waals surface area contributed by atoms with Crippen molar-refractivity contribution in [2.45, 2.75) is 37.3 Å². The van der Waals surface area contributed by atoms with Crippen LogP contribution in [0.4, 0.5) is 4.39 Å². The summed E-state index contributed by atoms with van der Waals surface area (Å²) < 4.78 is 14.0. The molecule has 1 aromatic heterocycles. The first-order chi connectivity index (χ1) is 13.3. The molecule has 4 rings (SSSR count). The normalized spacial score (nSPS) is 23.1. The molecule has 2 fully saturated rings. The molecule has 2 N–H and O–H groups in total. The Morgan fingerprint density at radius 1 is 1.25 bits per heavy atom. The summed E-state index contributed by atoms with van der Waals surface area (Å²) in [5.41, 5.74) is 0.805. The molecule has 1 aliphatic carbocycles. The van der Waals surface area contributed by atoms with Crippen molar-refractivity contribution >= 4 is 41.3 Å². The summed E-state index contributed by atoms with van der Waals surface area (Å²) >= 11 is 1.82. The summed E-state index contributed by atoms with van der Waals surface area (Å²) in [6, 6.07) is 12.1. The minimum atomic E-state index is -0.110. The van der Waals surface area contributed by atoms with Gasteiger partial charge in [0.1, 0.15) is 5.82 Å². The number of thiophene rings is 1. The van der Waals surface area contributed by atoms with Crippen molar-refractivity contribution in [3.05, 3.63) is 58.0 Å². The van der Waals surface area contributed by atoms with Crippen molar-refractivity contribution in [2.24, 2.45) is 4.99 Å². The molecule has 4 nitrogen and oxygen atoms in total. The first kappa shape index (κ1) is 21.5. The molecule has 152 valence electrons. The number of guanidine groups is 1. The number of hydrogen-bond donors (Lipinski definition) is 2. The van der Waals surface area contributed by atoms with Crippen molar-refractivity contribution < 1.29 is 4.39 Å². The molecule has 0 spiro atoms. The lowest BCUT2D eigenvalue weighted by molar-refractivity contribution is 0.249. The number of nitrogens with zero attached hydrogens (tertiary/aromatic N) is 2. The van der Waals surface area contributed by atoms with E-state index in [1.54, 1.807) is 19.2 Å². The van der Waals surface area contributed by atoms with E-state index in [0.717, 1.165) is 37.6 Å². The molecule has 3 atom stereocenters. The molecule has 7 heteroatoms. The summed E-state index contributed by atoms with van der Waals surface area (Å²) in [5, 5.41) is 9.12. The maximum atomic E-state index is 14.0. The number of rotatable bonds is 6. The number of aliphatic imine (C=N–C) groups is 1. The molecule has 1 saturated heterocycles. The molecule has 3 unspecified atom stereocenters. The standard InChI is InChI=1S/C21H27FN4S.HI/c1-23-21(25-18-13-16(18)15-7-2-3-8-17(15)22)24-14-19(20-9-6-12-27-20)26-10-4-5-11-26;/h2-3,6-9,12,16,18-19H,4-5,10-11,13-14H2,1H3,(H2,23,24,25);1H. The van der Waals surface area contributed by atoms with Crippen LogP contribution in [0, 0.1) is 5.82 Å². The van der Waals surface area contributed by atoms with E-state index in [2.05, 4.69) is 38.0 Å². The summed E-state index contributed by atoms with van der Waals surface area (Å²) in [7, 11) is 1.80. The molecule has 0 radical (unpaired) electrons. The Kier molecular flexibility index (Phi) is 7.70. The fourth-order valence-corrected chi connectivity index (χ4v) is 4.84. The Morgan fingerprint density at radius 3 is 2.71 bits per heavy atom. The Balaban J connectivity index is 0.00000225. The molecule has 1 aromatic carbocycles. The minimum Gasteiger partial charge on any atom is -0.354 e. The predicted octanol–water partition coefficient (Wildman–Crippen LogP) is 4.36. The molecule has 0 amide bonds. The van der Waals surface area contributed by atoms with Crippen molar-refractivity contribution in [3.8, 4) is 0 Å². The van der Waals surface area contributed by atoms with Gasteiger partial charge in [0.15, 0.2) is 5.96 Å². The van der Waals surface area contributed by atoms with Crippen LogP contribution in [0.15, 0.2) is 46.8 Å². The van der Waals surface area contributed by atoms with Gasteiger partial charge in [0.25, 0.3) is 0 Å². The lowest BCUT2D eigenvalue weighted by atomic mass is 10.1. The molecular weight excluding hydrogens is 486 g/mol. The summed E-state index contributed by atoms with van der Waals surface area (Å²) in [6.07, 6.45) is 3.50. The van der Waals surface area contributed by atoms with E-state index >= 15 is 0 Å². The minimum absolute atomic E-state index is 0. The zero-order valence-corrected chi connectivity index (χ0v) is 19.3. The molecule has 0 bridgehead atoms. The van der Waals surface area contributed by atoms with E-state index in [1.165, 1.54) is 17.7 Å². The molecule has 1 saturated carbocycles. The van der Waals surface area contributed by atoms with Crippen LogP contribution in [0.25, 0.3) is 0 Å². The molecule has 2 heterocycles. The Bertz CT molecular complexity index is 776. The number of benzene rings is 1. The second kappa shape index (κ2) is 10.0. The average Bonchev–Trinajstić information content (AvgIpc) is 3.10. The van der Waals surface area contributed by atoms with E-state index in [4.69, 9.17) is 0 Å². The maximum absolute atomic E-state index is 14.0.